The number of aromatic nitrogens is 3. The van der Waals surface area contributed by atoms with E-state index in [1.54, 1.807) is 6.20 Å². The molecular weight excluding hydrogens is 707 g/mol. The molecule has 0 atom stereocenters. The average molecular weight is 736 g/mol. The van der Waals surface area contributed by atoms with E-state index in [-0.39, 0.29) is 20.1 Å². The Bertz CT molecular complexity index is 1850. The Morgan fingerprint density at radius 3 is 2.02 bits per heavy atom. The molecule has 0 fully saturated rings. The van der Waals surface area contributed by atoms with Crippen molar-refractivity contribution in [1.29, 1.82) is 0 Å². The van der Waals surface area contributed by atoms with Crippen LogP contribution in [0.3, 0.4) is 0 Å². The number of benzene rings is 4. The van der Waals surface area contributed by atoms with Crippen LogP contribution in [-0.2, 0) is 20.1 Å². The first kappa shape index (κ1) is 29.8. The number of hydrogen-bond acceptors (Lipinski definition) is 4. The van der Waals surface area contributed by atoms with Gasteiger partial charge >= 0.3 is 0 Å². The van der Waals surface area contributed by atoms with E-state index < -0.39 is 0 Å². The summed E-state index contributed by atoms with van der Waals surface area (Å²) in [5, 5.41) is 0. The van der Waals surface area contributed by atoms with Crippen molar-refractivity contribution in [3.05, 3.63) is 151 Å². The number of nitrogens with zero attached hydrogens (tertiary/aromatic N) is 3. The SMILES string of the molecule is CC(C)c1ccnc(-c2[c-]c3oc(-c4ccccc4)nc3c(-c3ccccc3)c2)c1.[Ir].[c-]1ccccc1-c1ccccn1. The summed E-state index contributed by atoms with van der Waals surface area (Å²) in [6.07, 6.45) is 3.65. The van der Waals surface area contributed by atoms with Gasteiger partial charge in [-0.2, -0.15) is 0 Å². The Labute approximate surface area is 265 Å². The van der Waals surface area contributed by atoms with Crippen molar-refractivity contribution in [3.8, 4) is 45.1 Å². The van der Waals surface area contributed by atoms with Gasteiger partial charge in [-0.1, -0.05) is 97.8 Å². The summed E-state index contributed by atoms with van der Waals surface area (Å²) in [5.41, 5.74) is 9.55. The summed E-state index contributed by atoms with van der Waals surface area (Å²) >= 11 is 0. The number of oxazole rings is 1. The Hall–Kier alpha value is -4.70. The van der Waals surface area contributed by atoms with Crippen LogP contribution in [0.2, 0.25) is 0 Å². The predicted octanol–water partition coefficient (Wildman–Crippen LogP) is 9.69. The van der Waals surface area contributed by atoms with Gasteiger partial charge in [0.2, 0.25) is 5.89 Å². The number of hydrogen-bond donors (Lipinski definition) is 0. The van der Waals surface area contributed by atoms with E-state index in [2.05, 4.69) is 66.3 Å². The molecule has 0 saturated heterocycles. The maximum atomic E-state index is 6.16. The van der Waals surface area contributed by atoms with E-state index in [1.165, 1.54) is 5.56 Å². The van der Waals surface area contributed by atoms with Crippen molar-refractivity contribution in [3.63, 3.8) is 0 Å². The second-order valence-electron chi connectivity index (χ2n) is 10.1. The second-order valence-corrected chi connectivity index (χ2v) is 10.1. The fourth-order valence-corrected chi connectivity index (χ4v) is 4.67. The van der Waals surface area contributed by atoms with E-state index >= 15 is 0 Å². The van der Waals surface area contributed by atoms with Gasteiger partial charge in [-0.3, -0.25) is 4.98 Å². The van der Waals surface area contributed by atoms with Crippen LogP contribution in [0, 0.1) is 12.1 Å². The molecule has 0 spiro atoms. The zero-order valence-electron chi connectivity index (χ0n) is 23.9. The average Bonchev–Trinajstić information content (AvgIpc) is 3.51. The minimum atomic E-state index is 0. The minimum Gasteiger partial charge on any atom is -0.457 e. The summed E-state index contributed by atoms with van der Waals surface area (Å²) < 4.78 is 6.16. The predicted molar refractivity (Wildman–Crippen MR) is 170 cm³/mol. The first-order chi connectivity index (χ1) is 20.7. The molecule has 0 aliphatic rings. The van der Waals surface area contributed by atoms with Gasteiger partial charge in [-0.15, -0.1) is 47.5 Å². The Kier molecular flexibility index (Phi) is 9.68. The van der Waals surface area contributed by atoms with Crippen molar-refractivity contribution in [2.24, 2.45) is 0 Å². The smallest absolute Gasteiger partial charge is 0.215 e. The summed E-state index contributed by atoms with van der Waals surface area (Å²) in [4.78, 5) is 13.6. The first-order valence-corrected chi connectivity index (χ1v) is 14.0. The second kappa shape index (κ2) is 14.0. The van der Waals surface area contributed by atoms with Crippen molar-refractivity contribution in [2.45, 2.75) is 19.8 Å². The maximum absolute atomic E-state index is 6.16. The van der Waals surface area contributed by atoms with E-state index in [1.807, 2.05) is 97.2 Å². The zero-order valence-corrected chi connectivity index (χ0v) is 26.3. The number of rotatable bonds is 5. The van der Waals surface area contributed by atoms with Gasteiger partial charge in [0.25, 0.3) is 0 Å². The third kappa shape index (κ3) is 7.03. The molecule has 0 aliphatic carbocycles. The fraction of sp³-hybridized carbons (Fsp3) is 0.0789. The van der Waals surface area contributed by atoms with Crippen LogP contribution in [-0.4, -0.2) is 15.0 Å². The summed E-state index contributed by atoms with van der Waals surface area (Å²) in [5.74, 6) is 1.03. The molecule has 7 rings (SSSR count). The van der Waals surface area contributed by atoms with Gasteiger partial charge in [0.15, 0.2) is 0 Å². The first-order valence-electron chi connectivity index (χ1n) is 14.0. The Morgan fingerprint density at radius 2 is 1.35 bits per heavy atom. The Balaban J connectivity index is 0.000000238. The molecule has 7 aromatic rings. The van der Waals surface area contributed by atoms with Crippen molar-refractivity contribution in [2.75, 3.05) is 0 Å². The summed E-state index contributed by atoms with van der Waals surface area (Å²) in [7, 11) is 0. The molecule has 0 amide bonds. The maximum Gasteiger partial charge on any atom is 0.215 e. The Morgan fingerprint density at radius 1 is 0.651 bits per heavy atom. The molecule has 4 aromatic carbocycles. The van der Waals surface area contributed by atoms with E-state index in [4.69, 9.17) is 9.40 Å². The fourth-order valence-electron chi connectivity index (χ4n) is 4.67. The van der Waals surface area contributed by atoms with Gasteiger partial charge in [-0.25, -0.2) is 0 Å². The molecule has 0 unspecified atom stereocenters. The van der Waals surface area contributed by atoms with Crippen LogP contribution in [0.5, 0.6) is 0 Å². The van der Waals surface area contributed by atoms with E-state index in [0.29, 0.717) is 17.4 Å². The molecule has 4 nitrogen and oxygen atoms in total. The van der Waals surface area contributed by atoms with Crippen molar-refractivity contribution >= 4 is 11.1 Å². The van der Waals surface area contributed by atoms with Gasteiger partial charge in [0, 0.05) is 43.6 Å². The molecule has 0 bridgehead atoms. The van der Waals surface area contributed by atoms with Gasteiger partial charge in [-0.05, 0) is 47.1 Å². The molecule has 213 valence electrons. The zero-order chi connectivity index (χ0) is 28.7. The van der Waals surface area contributed by atoms with Crippen LogP contribution in [0.4, 0.5) is 0 Å². The van der Waals surface area contributed by atoms with E-state index in [0.717, 1.165) is 44.7 Å². The van der Waals surface area contributed by atoms with Gasteiger partial charge < -0.3 is 14.4 Å². The van der Waals surface area contributed by atoms with Crippen LogP contribution in [0.1, 0.15) is 25.3 Å². The summed E-state index contributed by atoms with van der Waals surface area (Å²) in [6.45, 7) is 4.37. The number of fused-ring (bicyclic) bond motifs is 1. The van der Waals surface area contributed by atoms with Crippen LogP contribution in [0.15, 0.2) is 138 Å². The largest absolute Gasteiger partial charge is 0.457 e. The molecule has 43 heavy (non-hydrogen) atoms. The normalized spacial score (nSPS) is 10.6. The molecule has 1 radical (unpaired) electrons. The van der Waals surface area contributed by atoms with Crippen molar-refractivity contribution in [1.82, 2.24) is 15.0 Å². The molecule has 3 heterocycles. The van der Waals surface area contributed by atoms with Gasteiger partial charge in [0.1, 0.15) is 0 Å². The van der Waals surface area contributed by atoms with Crippen LogP contribution >= 0.6 is 0 Å². The van der Waals surface area contributed by atoms with Crippen LogP contribution < -0.4 is 0 Å². The molecular formula is C38H29IrN3O-2. The molecule has 0 N–H and O–H groups in total. The van der Waals surface area contributed by atoms with Crippen LogP contribution in [0.25, 0.3) is 56.2 Å². The summed E-state index contributed by atoms with van der Waals surface area (Å²) in [6, 6.07) is 46.8. The van der Waals surface area contributed by atoms with E-state index in [9.17, 15) is 0 Å². The third-order valence-corrected chi connectivity index (χ3v) is 6.90. The number of pyridine rings is 2. The molecule has 0 saturated carbocycles. The standard InChI is InChI=1S/C27H21N2O.C11H8N.Ir/c1-18(2)21-13-14-28-24(16-21)22-15-23(19-9-5-3-6-10-19)26-25(17-22)30-27(29-26)20-11-7-4-8-12-20;1-2-6-10(7-3-1)11-8-4-5-9-12-11;/h3-16,18H,1-2H3;1-6,8-9H;/q2*-1;. The topological polar surface area (TPSA) is 51.8 Å². The van der Waals surface area contributed by atoms with Gasteiger partial charge in [0.05, 0.1) is 5.58 Å². The molecule has 5 heteroatoms. The molecule has 3 aromatic heterocycles. The monoisotopic (exact) mass is 736 g/mol. The third-order valence-electron chi connectivity index (χ3n) is 6.90. The molecule has 0 aliphatic heterocycles. The van der Waals surface area contributed by atoms with Crippen molar-refractivity contribution < 1.29 is 24.5 Å². The quantitative estimate of drug-likeness (QED) is 0.165. The minimum absolute atomic E-state index is 0.